The van der Waals surface area contributed by atoms with Gasteiger partial charge in [0, 0.05) is 5.56 Å². The molecule has 0 bridgehead atoms. The predicted molar refractivity (Wildman–Crippen MR) is 89.1 cm³/mol. The van der Waals surface area contributed by atoms with E-state index in [2.05, 4.69) is 9.72 Å². The van der Waals surface area contributed by atoms with Gasteiger partial charge in [-0.15, -0.1) is 0 Å². The van der Waals surface area contributed by atoms with Crippen LogP contribution >= 0.6 is 11.6 Å². The Morgan fingerprint density at radius 2 is 2.08 bits per heavy atom. The first-order chi connectivity index (χ1) is 11.3. The average molecular weight is 355 g/mol. The lowest BCUT2D eigenvalue weighted by atomic mass is 9.96. The van der Waals surface area contributed by atoms with Crippen molar-refractivity contribution in [1.82, 2.24) is 4.98 Å². The number of rotatable bonds is 4. The number of hydrogen-bond donors (Lipinski definition) is 1. The highest BCUT2D eigenvalue weighted by atomic mass is 35.5. The molecule has 0 aliphatic carbocycles. The lowest BCUT2D eigenvalue weighted by Gasteiger charge is -2.13. The smallest absolute Gasteiger partial charge is 0.358 e. The fourth-order valence-corrected chi connectivity index (χ4v) is 2.48. The van der Waals surface area contributed by atoms with Gasteiger partial charge in [-0.25, -0.2) is 18.6 Å². The minimum atomic E-state index is -0.914. The van der Waals surface area contributed by atoms with E-state index in [1.54, 1.807) is 6.07 Å². The minimum Gasteiger partial charge on any atom is -0.464 e. The van der Waals surface area contributed by atoms with Crippen LogP contribution < -0.4 is 5.73 Å². The molecule has 2 aromatic rings. The van der Waals surface area contributed by atoms with Crippen LogP contribution in [0.25, 0.3) is 11.3 Å². The molecule has 0 aliphatic rings. The highest BCUT2D eigenvalue weighted by Crippen LogP contribution is 2.34. The maximum Gasteiger partial charge on any atom is 0.358 e. The fourth-order valence-electron chi connectivity index (χ4n) is 2.28. The molecular formula is C17H17ClF2N2O2. The molecule has 1 heterocycles. The van der Waals surface area contributed by atoms with E-state index in [1.165, 1.54) is 12.1 Å². The molecule has 24 heavy (non-hydrogen) atoms. The van der Waals surface area contributed by atoms with E-state index in [1.807, 2.05) is 13.8 Å². The number of nitrogens with two attached hydrogens (primary N) is 1. The summed E-state index contributed by atoms with van der Waals surface area (Å²) in [5.41, 5.74) is 5.27. The maximum absolute atomic E-state index is 14.4. The van der Waals surface area contributed by atoms with Gasteiger partial charge in [-0.3, -0.25) is 0 Å². The quantitative estimate of drug-likeness (QED) is 0.817. The summed E-state index contributed by atoms with van der Waals surface area (Å²) in [5, 5.41) is -0.334. The van der Waals surface area contributed by atoms with Crippen molar-refractivity contribution in [3.63, 3.8) is 0 Å². The Bertz CT molecular complexity index is 797. The van der Waals surface area contributed by atoms with E-state index in [0.717, 1.165) is 13.5 Å². The van der Waals surface area contributed by atoms with Gasteiger partial charge in [0.15, 0.2) is 11.5 Å². The Hall–Kier alpha value is -2.21. The van der Waals surface area contributed by atoms with Crippen molar-refractivity contribution in [2.24, 2.45) is 0 Å². The number of hydrogen-bond acceptors (Lipinski definition) is 4. The van der Waals surface area contributed by atoms with E-state index in [4.69, 9.17) is 17.3 Å². The van der Waals surface area contributed by atoms with Crippen molar-refractivity contribution < 1.29 is 18.3 Å². The first-order valence-corrected chi connectivity index (χ1v) is 7.72. The van der Waals surface area contributed by atoms with Gasteiger partial charge in [0.2, 0.25) is 0 Å². The molecule has 1 aromatic carbocycles. The summed E-state index contributed by atoms with van der Waals surface area (Å²) in [6.07, 6.45) is 0.767. The second-order valence-electron chi connectivity index (χ2n) is 5.39. The SMILES string of the molecule is CCC(C)c1ccc(-c2nc(C(=O)OC)c(Cl)c(N)c2F)cc1F. The molecule has 0 saturated carbocycles. The van der Waals surface area contributed by atoms with E-state index in [-0.39, 0.29) is 27.9 Å². The van der Waals surface area contributed by atoms with Gasteiger partial charge < -0.3 is 10.5 Å². The molecule has 0 amide bonds. The highest BCUT2D eigenvalue weighted by Gasteiger charge is 2.23. The van der Waals surface area contributed by atoms with Crippen LogP contribution in [-0.4, -0.2) is 18.1 Å². The van der Waals surface area contributed by atoms with Gasteiger partial charge in [-0.2, -0.15) is 0 Å². The lowest BCUT2D eigenvalue weighted by Crippen LogP contribution is -2.10. The van der Waals surface area contributed by atoms with Crippen molar-refractivity contribution in [3.8, 4) is 11.3 Å². The molecule has 4 nitrogen and oxygen atoms in total. The largest absolute Gasteiger partial charge is 0.464 e. The summed E-state index contributed by atoms with van der Waals surface area (Å²) in [6.45, 7) is 3.84. The predicted octanol–water partition coefficient (Wildman–Crippen LogP) is 4.56. The Balaban J connectivity index is 2.62. The molecule has 1 aromatic heterocycles. The van der Waals surface area contributed by atoms with E-state index < -0.39 is 23.3 Å². The number of esters is 1. The number of carbonyl (C=O) groups excluding carboxylic acids is 1. The number of halogens is 3. The van der Waals surface area contributed by atoms with Crippen LogP contribution in [-0.2, 0) is 4.74 Å². The molecule has 0 fully saturated rings. The Kier molecular flexibility index (Phi) is 5.39. The van der Waals surface area contributed by atoms with Crippen molar-refractivity contribution in [2.45, 2.75) is 26.2 Å². The number of carbonyl (C=O) groups is 1. The zero-order valence-electron chi connectivity index (χ0n) is 13.5. The molecule has 0 spiro atoms. The molecule has 7 heteroatoms. The third kappa shape index (κ3) is 3.19. The van der Waals surface area contributed by atoms with Gasteiger partial charge in [0.25, 0.3) is 0 Å². The van der Waals surface area contributed by atoms with E-state index in [9.17, 15) is 13.6 Å². The lowest BCUT2D eigenvalue weighted by molar-refractivity contribution is 0.0594. The zero-order chi connectivity index (χ0) is 18.0. The Morgan fingerprint density at radius 1 is 1.42 bits per heavy atom. The monoisotopic (exact) mass is 354 g/mol. The molecule has 0 radical (unpaired) electrons. The minimum absolute atomic E-state index is 0.0257. The van der Waals surface area contributed by atoms with E-state index in [0.29, 0.717) is 5.56 Å². The molecule has 1 unspecified atom stereocenters. The van der Waals surface area contributed by atoms with Crippen LogP contribution in [0, 0.1) is 11.6 Å². The second-order valence-corrected chi connectivity index (χ2v) is 5.77. The Labute approximate surface area is 143 Å². The number of benzene rings is 1. The summed E-state index contributed by atoms with van der Waals surface area (Å²) >= 11 is 5.85. The number of methoxy groups -OCH3 is 1. The van der Waals surface area contributed by atoms with E-state index >= 15 is 0 Å². The summed E-state index contributed by atoms with van der Waals surface area (Å²) in [6, 6.07) is 4.27. The van der Waals surface area contributed by atoms with Gasteiger partial charge in [0.05, 0.1) is 17.8 Å². The van der Waals surface area contributed by atoms with Crippen molar-refractivity contribution in [1.29, 1.82) is 0 Å². The van der Waals surface area contributed by atoms with Crippen molar-refractivity contribution >= 4 is 23.3 Å². The molecular weight excluding hydrogens is 338 g/mol. The van der Waals surface area contributed by atoms with Crippen LogP contribution in [0.3, 0.4) is 0 Å². The van der Waals surface area contributed by atoms with Crippen molar-refractivity contribution in [3.05, 3.63) is 46.1 Å². The summed E-state index contributed by atoms with van der Waals surface area (Å²) < 4.78 is 33.3. The average Bonchev–Trinajstić information content (AvgIpc) is 2.58. The highest BCUT2D eigenvalue weighted by molar-refractivity contribution is 6.35. The standard InChI is InChI=1S/C17H17ClF2N2O2/c1-4-8(2)10-6-5-9(7-11(10)19)15-13(20)14(21)12(18)16(22-15)17(23)24-3/h5-8H,4H2,1-3H3,(H2,21,22). The molecule has 0 saturated heterocycles. The number of pyridine rings is 1. The number of anilines is 1. The van der Waals surface area contributed by atoms with Gasteiger partial charge in [-0.05, 0) is 24.0 Å². The van der Waals surface area contributed by atoms with Gasteiger partial charge >= 0.3 is 5.97 Å². The number of nitrogen functional groups attached to an aromatic ring is 1. The van der Waals surface area contributed by atoms with Crippen LogP contribution in [0.5, 0.6) is 0 Å². The number of ether oxygens (including phenoxy) is 1. The summed E-state index contributed by atoms with van der Waals surface area (Å²) in [5.74, 6) is -2.22. The second kappa shape index (κ2) is 7.13. The third-order valence-electron chi connectivity index (χ3n) is 3.91. The first kappa shape index (κ1) is 18.1. The van der Waals surface area contributed by atoms with Crippen LogP contribution in [0.1, 0.15) is 42.2 Å². The molecule has 128 valence electrons. The summed E-state index contributed by atoms with van der Waals surface area (Å²) in [7, 11) is 1.14. The maximum atomic E-state index is 14.4. The fraction of sp³-hybridized carbons (Fsp3) is 0.294. The van der Waals surface area contributed by atoms with Crippen LogP contribution in [0.15, 0.2) is 18.2 Å². The summed E-state index contributed by atoms with van der Waals surface area (Å²) in [4.78, 5) is 15.6. The zero-order valence-corrected chi connectivity index (χ0v) is 14.2. The van der Waals surface area contributed by atoms with Crippen LogP contribution in [0.4, 0.5) is 14.5 Å². The normalized spacial score (nSPS) is 12.1. The molecule has 2 N–H and O–H groups in total. The van der Waals surface area contributed by atoms with Gasteiger partial charge in [0.1, 0.15) is 11.5 Å². The van der Waals surface area contributed by atoms with Crippen molar-refractivity contribution in [2.75, 3.05) is 12.8 Å². The Morgan fingerprint density at radius 3 is 2.62 bits per heavy atom. The first-order valence-electron chi connectivity index (χ1n) is 7.34. The number of nitrogens with zero attached hydrogens (tertiary/aromatic N) is 1. The third-order valence-corrected chi connectivity index (χ3v) is 4.29. The van der Waals surface area contributed by atoms with Crippen LogP contribution in [0.2, 0.25) is 5.02 Å². The topological polar surface area (TPSA) is 65.2 Å². The molecule has 1 atom stereocenters. The van der Waals surface area contributed by atoms with Gasteiger partial charge in [-0.1, -0.05) is 37.6 Å². The molecule has 2 rings (SSSR count). The number of aromatic nitrogens is 1. The molecule has 0 aliphatic heterocycles.